The van der Waals surface area contributed by atoms with Gasteiger partial charge in [0.05, 0.1) is 6.10 Å². The van der Waals surface area contributed by atoms with Gasteiger partial charge in [0.15, 0.2) is 0 Å². The van der Waals surface area contributed by atoms with Gasteiger partial charge in [-0.15, -0.1) is 0 Å². The quantitative estimate of drug-likeness (QED) is 0.823. The first kappa shape index (κ1) is 11.2. The van der Waals surface area contributed by atoms with E-state index in [1.54, 1.807) is 11.3 Å². The lowest BCUT2D eigenvalue weighted by atomic mass is 9.77. The number of aliphatic hydroxyl groups is 1. The molecule has 1 fully saturated rings. The highest BCUT2D eigenvalue weighted by atomic mass is 32.1. The summed E-state index contributed by atoms with van der Waals surface area (Å²) in [5.41, 5.74) is 1.12. The van der Waals surface area contributed by atoms with Gasteiger partial charge in [-0.05, 0) is 47.1 Å². The zero-order valence-electron chi connectivity index (χ0n) is 9.36. The van der Waals surface area contributed by atoms with Gasteiger partial charge >= 0.3 is 0 Å². The molecule has 0 saturated heterocycles. The molecule has 2 rings (SSSR count). The first-order valence-electron chi connectivity index (χ1n) is 6.01. The highest BCUT2D eigenvalue weighted by molar-refractivity contribution is 7.07. The van der Waals surface area contributed by atoms with E-state index in [0.29, 0.717) is 5.92 Å². The van der Waals surface area contributed by atoms with E-state index in [4.69, 9.17) is 0 Å². The molecule has 0 bridgehead atoms. The van der Waals surface area contributed by atoms with Crippen molar-refractivity contribution in [3.63, 3.8) is 0 Å². The van der Waals surface area contributed by atoms with E-state index < -0.39 is 0 Å². The Morgan fingerprint density at radius 2 is 2.13 bits per heavy atom. The number of hydrogen-bond donors (Lipinski definition) is 1. The fourth-order valence-corrected chi connectivity index (χ4v) is 3.32. The fraction of sp³-hybridized carbons (Fsp3) is 0.692. The van der Waals surface area contributed by atoms with E-state index in [9.17, 15) is 5.11 Å². The molecule has 0 amide bonds. The van der Waals surface area contributed by atoms with Gasteiger partial charge in [0.25, 0.3) is 0 Å². The second kappa shape index (κ2) is 5.13. The summed E-state index contributed by atoms with van der Waals surface area (Å²) in [5.74, 6) is 1.42. The lowest BCUT2D eigenvalue weighted by Gasteiger charge is -2.30. The molecule has 84 valence electrons. The zero-order chi connectivity index (χ0) is 10.7. The summed E-state index contributed by atoms with van der Waals surface area (Å²) in [6, 6.07) is 2.06. The Morgan fingerprint density at radius 1 is 1.40 bits per heavy atom. The molecular weight excluding hydrogens is 204 g/mol. The SMILES string of the molecule is CCC1CCC(C(O)c2ccsc2)CC1. The first-order valence-corrected chi connectivity index (χ1v) is 6.95. The van der Waals surface area contributed by atoms with Crippen molar-refractivity contribution in [1.29, 1.82) is 0 Å². The molecule has 2 heteroatoms. The summed E-state index contributed by atoms with van der Waals surface area (Å²) in [4.78, 5) is 0. The van der Waals surface area contributed by atoms with Crippen LogP contribution in [0.4, 0.5) is 0 Å². The summed E-state index contributed by atoms with van der Waals surface area (Å²) in [7, 11) is 0. The maximum atomic E-state index is 10.2. The maximum absolute atomic E-state index is 10.2. The monoisotopic (exact) mass is 224 g/mol. The number of rotatable bonds is 3. The third-order valence-corrected chi connectivity index (χ3v) is 4.50. The largest absolute Gasteiger partial charge is 0.388 e. The molecule has 1 unspecified atom stereocenters. The van der Waals surface area contributed by atoms with Gasteiger partial charge in [-0.2, -0.15) is 11.3 Å². The van der Waals surface area contributed by atoms with Crippen molar-refractivity contribution < 1.29 is 5.11 Å². The van der Waals surface area contributed by atoms with Gasteiger partial charge in [-0.25, -0.2) is 0 Å². The number of hydrogen-bond acceptors (Lipinski definition) is 2. The summed E-state index contributed by atoms with van der Waals surface area (Å²) in [6.45, 7) is 2.28. The summed E-state index contributed by atoms with van der Waals surface area (Å²) in [6.07, 6.45) is 6.12. The summed E-state index contributed by atoms with van der Waals surface area (Å²) >= 11 is 1.68. The van der Waals surface area contributed by atoms with E-state index in [1.807, 2.05) is 0 Å². The molecule has 1 nitrogen and oxygen atoms in total. The van der Waals surface area contributed by atoms with Crippen LogP contribution in [0.5, 0.6) is 0 Å². The molecular formula is C13H20OS. The highest BCUT2D eigenvalue weighted by Gasteiger charge is 2.26. The molecule has 0 spiro atoms. The standard InChI is InChI=1S/C13H20OS/c1-2-10-3-5-11(6-4-10)13(14)12-7-8-15-9-12/h7-11,13-14H,2-6H2,1H3. The average molecular weight is 224 g/mol. The number of thiophene rings is 1. The third kappa shape index (κ3) is 2.61. The molecule has 1 aromatic heterocycles. The Morgan fingerprint density at radius 3 is 2.67 bits per heavy atom. The van der Waals surface area contributed by atoms with Gasteiger partial charge in [0, 0.05) is 0 Å². The van der Waals surface area contributed by atoms with Crippen LogP contribution in [0.2, 0.25) is 0 Å². The van der Waals surface area contributed by atoms with Crippen molar-refractivity contribution in [2.24, 2.45) is 11.8 Å². The van der Waals surface area contributed by atoms with Crippen LogP contribution in [0.3, 0.4) is 0 Å². The molecule has 15 heavy (non-hydrogen) atoms. The van der Waals surface area contributed by atoms with Crippen molar-refractivity contribution >= 4 is 11.3 Å². The Bertz CT molecular complexity index is 273. The Balaban J connectivity index is 1.90. The lowest BCUT2D eigenvalue weighted by molar-refractivity contribution is 0.0733. The second-order valence-electron chi connectivity index (χ2n) is 4.69. The minimum Gasteiger partial charge on any atom is -0.388 e. The van der Waals surface area contributed by atoms with Crippen LogP contribution in [0, 0.1) is 11.8 Å². The topological polar surface area (TPSA) is 20.2 Å². The Labute approximate surface area is 96.1 Å². The van der Waals surface area contributed by atoms with Crippen LogP contribution in [0.1, 0.15) is 50.7 Å². The molecule has 1 atom stereocenters. The van der Waals surface area contributed by atoms with E-state index in [2.05, 4.69) is 23.8 Å². The number of aliphatic hydroxyl groups excluding tert-OH is 1. The van der Waals surface area contributed by atoms with Crippen molar-refractivity contribution in [3.8, 4) is 0 Å². The van der Waals surface area contributed by atoms with E-state index in [1.165, 1.54) is 32.1 Å². The normalized spacial score (nSPS) is 28.9. The molecule has 0 radical (unpaired) electrons. The minimum absolute atomic E-state index is 0.214. The molecule has 1 saturated carbocycles. The van der Waals surface area contributed by atoms with E-state index >= 15 is 0 Å². The summed E-state index contributed by atoms with van der Waals surface area (Å²) in [5, 5.41) is 14.3. The van der Waals surface area contributed by atoms with Crippen molar-refractivity contribution in [1.82, 2.24) is 0 Å². The lowest BCUT2D eigenvalue weighted by Crippen LogP contribution is -2.19. The van der Waals surface area contributed by atoms with Crippen molar-refractivity contribution in [2.45, 2.75) is 45.1 Å². The molecule has 0 aliphatic heterocycles. The second-order valence-corrected chi connectivity index (χ2v) is 5.47. The molecule has 1 heterocycles. The molecule has 1 N–H and O–H groups in total. The fourth-order valence-electron chi connectivity index (χ4n) is 2.63. The van der Waals surface area contributed by atoms with Crippen LogP contribution in [-0.2, 0) is 0 Å². The first-order chi connectivity index (χ1) is 7.31. The highest BCUT2D eigenvalue weighted by Crippen LogP contribution is 2.38. The van der Waals surface area contributed by atoms with Crippen LogP contribution in [0.15, 0.2) is 16.8 Å². The molecule has 0 aromatic carbocycles. The van der Waals surface area contributed by atoms with Gasteiger partial charge in [-0.1, -0.05) is 26.2 Å². The van der Waals surface area contributed by atoms with Crippen LogP contribution in [-0.4, -0.2) is 5.11 Å². The van der Waals surface area contributed by atoms with Crippen molar-refractivity contribution in [2.75, 3.05) is 0 Å². The van der Waals surface area contributed by atoms with E-state index in [0.717, 1.165) is 11.5 Å². The van der Waals surface area contributed by atoms with Crippen molar-refractivity contribution in [3.05, 3.63) is 22.4 Å². The Kier molecular flexibility index (Phi) is 3.81. The average Bonchev–Trinajstić information content (AvgIpc) is 2.82. The van der Waals surface area contributed by atoms with Gasteiger partial charge in [0.1, 0.15) is 0 Å². The molecule has 1 aromatic rings. The summed E-state index contributed by atoms with van der Waals surface area (Å²) < 4.78 is 0. The maximum Gasteiger partial charge on any atom is 0.0826 e. The third-order valence-electron chi connectivity index (χ3n) is 3.80. The molecule has 1 aliphatic carbocycles. The van der Waals surface area contributed by atoms with Gasteiger partial charge < -0.3 is 5.11 Å². The van der Waals surface area contributed by atoms with Crippen LogP contribution in [0.25, 0.3) is 0 Å². The predicted octanol–water partition coefficient (Wildman–Crippen LogP) is 4.00. The minimum atomic E-state index is -0.214. The van der Waals surface area contributed by atoms with Crippen LogP contribution >= 0.6 is 11.3 Å². The Hall–Kier alpha value is -0.340. The zero-order valence-corrected chi connectivity index (χ0v) is 10.2. The van der Waals surface area contributed by atoms with Gasteiger partial charge in [-0.3, -0.25) is 0 Å². The van der Waals surface area contributed by atoms with Crippen LogP contribution < -0.4 is 0 Å². The smallest absolute Gasteiger partial charge is 0.0826 e. The van der Waals surface area contributed by atoms with Gasteiger partial charge in [0.2, 0.25) is 0 Å². The predicted molar refractivity (Wildman–Crippen MR) is 65.0 cm³/mol. The van der Waals surface area contributed by atoms with E-state index in [-0.39, 0.29) is 6.10 Å². The molecule has 1 aliphatic rings.